The van der Waals surface area contributed by atoms with Gasteiger partial charge in [-0.3, -0.25) is 9.69 Å². The van der Waals surface area contributed by atoms with E-state index < -0.39 is 0 Å². The summed E-state index contributed by atoms with van der Waals surface area (Å²) in [5, 5.41) is 11.7. The predicted octanol–water partition coefficient (Wildman–Crippen LogP) is 0.605. The fourth-order valence-corrected chi connectivity index (χ4v) is 1.79. The van der Waals surface area contributed by atoms with Gasteiger partial charge in [0.2, 0.25) is 5.91 Å². The number of hydrogen-bond acceptors (Lipinski definition) is 3. The van der Waals surface area contributed by atoms with E-state index in [1.165, 1.54) is 12.8 Å². The van der Waals surface area contributed by atoms with E-state index in [1.807, 2.05) is 6.92 Å². The van der Waals surface area contributed by atoms with Gasteiger partial charge in [0.15, 0.2) is 0 Å². The summed E-state index contributed by atoms with van der Waals surface area (Å²) in [6.07, 6.45) is 3.23. The SMILES string of the molecule is CCN(CC(=O)NCC(C)CCO)C1CC1. The molecule has 1 aliphatic rings. The summed E-state index contributed by atoms with van der Waals surface area (Å²) in [4.78, 5) is 13.9. The molecule has 0 aliphatic heterocycles. The van der Waals surface area contributed by atoms with Crippen molar-refractivity contribution in [3.63, 3.8) is 0 Å². The summed E-state index contributed by atoms with van der Waals surface area (Å²) in [6.45, 7) is 6.47. The molecular weight excluding hydrogens is 204 g/mol. The number of aliphatic hydroxyl groups is 1. The Balaban J connectivity index is 2.14. The van der Waals surface area contributed by atoms with Crippen LogP contribution >= 0.6 is 0 Å². The summed E-state index contributed by atoms with van der Waals surface area (Å²) < 4.78 is 0. The zero-order valence-electron chi connectivity index (χ0n) is 10.4. The predicted molar refractivity (Wildman–Crippen MR) is 64.1 cm³/mol. The highest BCUT2D eigenvalue weighted by atomic mass is 16.3. The average Bonchev–Trinajstić information content (AvgIpc) is 3.07. The van der Waals surface area contributed by atoms with Crippen LogP contribution in [-0.2, 0) is 4.79 Å². The topological polar surface area (TPSA) is 52.6 Å². The Morgan fingerprint density at radius 3 is 2.75 bits per heavy atom. The number of nitrogens with zero attached hydrogens (tertiary/aromatic N) is 1. The highest BCUT2D eigenvalue weighted by molar-refractivity contribution is 5.78. The second-order valence-corrected chi connectivity index (χ2v) is 4.72. The van der Waals surface area contributed by atoms with Gasteiger partial charge in [-0.15, -0.1) is 0 Å². The van der Waals surface area contributed by atoms with Crippen molar-refractivity contribution in [1.29, 1.82) is 0 Å². The monoisotopic (exact) mass is 228 g/mol. The summed E-state index contributed by atoms with van der Waals surface area (Å²) in [5.74, 6) is 0.462. The third-order valence-electron chi connectivity index (χ3n) is 3.09. The van der Waals surface area contributed by atoms with Gasteiger partial charge >= 0.3 is 0 Å². The zero-order chi connectivity index (χ0) is 12.0. The van der Waals surface area contributed by atoms with Crippen molar-refractivity contribution in [3.8, 4) is 0 Å². The van der Waals surface area contributed by atoms with Gasteiger partial charge in [0, 0.05) is 19.2 Å². The molecule has 0 radical (unpaired) electrons. The Kier molecular flexibility index (Phi) is 5.77. The van der Waals surface area contributed by atoms with E-state index in [0.717, 1.165) is 13.0 Å². The van der Waals surface area contributed by atoms with Gasteiger partial charge in [-0.2, -0.15) is 0 Å². The molecule has 1 unspecified atom stereocenters. The van der Waals surface area contributed by atoms with Crippen LogP contribution in [-0.4, -0.2) is 48.2 Å². The van der Waals surface area contributed by atoms with Crippen molar-refractivity contribution in [2.45, 2.75) is 39.2 Å². The molecule has 1 aliphatic carbocycles. The molecule has 1 fully saturated rings. The van der Waals surface area contributed by atoms with E-state index in [1.54, 1.807) is 0 Å². The van der Waals surface area contributed by atoms with Gasteiger partial charge in [0.05, 0.1) is 6.54 Å². The molecule has 0 spiro atoms. The molecule has 4 nitrogen and oxygen atoms in total. The Labute approximate surface area is 98.0 Å². The van der Waals surface area contributed by atoms with E-state index in [2.05, 4.69) is 17.1 Å². The van der Waals surface area contributed by atoms with Crippen LogP contribution in [0.5, 0.6) is 0 Å². The van der Waals surface area contributed by atoms with Crippen LogP contribution in [0.25, 0.3) is 0 Å². The number of carbonyl (C=O) groups is 1. The van der Waals surface area contributed by atoms with Crippen LogP contribution < -0.4 is 5.32 Å². The van der Waals surface area contributed by atoms with E-state index >= 15 is 0 Å². The quantitative estimate of drug-likeness (QED) is 0.640. The highest BCUT2D eigenvalue weighted by Gasteiger charge is 2.28. The molecule has 1 rings (SSSR count). The molecule has 0 saturated heterocycles. The van der Waals surface area contributed by atoms with Crippen molar-refractivity contribution in [2.75, 3.05) is 26.2 Å². The summed E-state index contributed by atoms with van der Waals surface area (Å²) >= 11 is 0. The van der Waals surface area contributed by atoms with Gasteiger partial charge in [-0.25, -0.2) is 0 Å². The molecule has 1 saturated carbocycles. The largest absolute Gasteiger partial charge is 0.396 e. The number of amides is 1. The first-order chi connectivity index (χ1) is 7.67. The number of nitrogens with one attached hydrogen (secondary N) is 1. The molecule has 1 amide bonds. The van der Waals surface area contributed by atoms with Gasteiger partial charge < -0.3 is 10.4 Å². The number of likely N-dealkylation sites (N-methyl/N-ethyl adjacent to an activating group) is 1. The lowest BCUT2D eigenvalue weighted by Crippen LogP contribution is -2.39. The second kappa shape index (κ2) is 6.86. The van der Waals surface area contributed by atoms with E-state index in [4.69, 9.17) is 5.11 Å². The van der Waals surface area contributed by atoms with Crippen molar-refractivity contribution in [1.82, 2.24) is 10.2 Å². The standard InChI is InChI=1S/C12H24N2O2/c1-3-14(11-4-5-11)9-12(16)13-8-10(2)6-7-15/h10-11,15H,3-9H2,1-2H3,(H,13,16). The van der Waals surface area contributed by atoms with E-state index in [9.17, 15) is 4.79 Å². The Morgan fingerprint density at radius 2 is 2.25 bits per heavy atom. The maximum absolute atomic E-state index is 11.6. The molecule has 0 bridgehead atoms. The molecule has 2 N–H and O–H groups in total. The summed E-state index contributed by atoms with van der Waals surface area (Å²) in [6, 6.07) is 0.644. The molecule has 0 aromatic carbocycles. The van der Waals surface area contributed by atoms with Crippen LogP contribution in [0.15, 0.2) is 0 Å². The number of rotatable bonds is 8. The lowest BCUT2D eigenvalue weighted by atomic mass is 10.1. The Bertz CT molecular complexity index is 217. The molecular formula is C12H24N2O2. The lowest BCUT2D eigenvalue weighted by molar-refractivity contribution is -0.122. The van der Waals surface area contributed by atoms with E-state index in [-0.39, 0.29) is 12.5 Å². The van der Waals surface area contributed by atoms with Crippen LogP contribution in [0, 0.1) is 5.92 Å². The minimum Gasteiger partial charge on any atom is -0.396 e. The fourth-order valence-electron chi connectivity index (χ4n) is 1.79. The molecule has 16 heavy (non-hydrogen) atoms. The Hall–Kier alpha value is -0.610. The number of aliphatic hydroxyl groups excluding tert-OH is 1. The fraction of sp³-hybridized carbons (Fsp3) is 0.917. The van der Waals surface area contributed by atoms with Crippen LogP contribution in [0.3, 0.4) is 0 Å². The molecule has 0 heterocycles. The zero-order valence-corrected chi connectivity index (χ0v) is 10.4. The van der Waals surface area contributed by atoms with E-state index in [0.29, 0.717) is 25.0 Å². The molecule has 1 atom stereocenters. The van der Waals surface area contributed by atoms with Gasteiger partial charge in [-0.1, -0.05) is 13.8 Å². The molecule has 0 aromatic heterocycles. The number of hydrogen-bond donors (Lipinski definition) is 2. The first-order valence-corrected chi connectivity index (χ1v) is 6.29. The first kappa shape index (κ1) is 13.5. The summed E-state index contributed by atoms with van der Waals surface area (Å²) in [7, 11) is 0. The maximum Gasteiger partial charge on any atom is 0.234 e. The highest BCUT2D eigenvalue weighted by Crippen LogP contribution is 2.25. The lowest BCUT2D eigenvalue weighted by Gasteiger charge is -2.19. The molecule has 94 valence electrons. The molecule has 0 aromatic rings. The van der Waals surface area contributed by atoms with Crippen LogP contribution in [0.4, 0.5) is 0 Å². The maximum atomic E-state index is 11.6. The van der Waals surface area contributed by atoms with Crippen molar-refractivity contribution in [3.05, 3.63) is 0 Å². The third kappa shape index (κ3) is 4.94. The van der Waals surface area contributed by atoms with Gasteiger partial charge in [-0.05, 0) is 31.7 Å². The Morgan fingerprint density at radius 1 is 1.56 bits per heavy atom. The van der Waals surface area contributed by atoms with Gasteiger partial charge in [0.25, 0.3) is 0 Å². The number of carbonyl (C=O) groups excluding carboxylic acids is 1. The minimum atomic E-state index is 0.110. The van der Waals surface area contributed by atoms with Crippen molar-refractivity contribution >= 4 is 5.91 Å². The minimum absolute atomic E-state index is 0.110. The smallest absolute Gasteiger partial charge is 0.234 e. The first-order valence-electron chi connectivity index (χ1n) is 6.29. The van der Waals surface area contributed by atoms with Crippen molar-refractivity contribution < 1.29 is 9.90 Å². The van der Waals surface area contributed by atoms with Crippen LogP contribution in [0.2, 0.25) is 0 Å². The normalized spacial score (nSPS) is 17.5. The van der Waals surface area contributed by atoms with Gasteiger partial charge in [0.1, 0.15) is 0 Å². The van der Waals surface area contributed by atoms with Crippen LogP contribution in [0.1, 0.15) is 33.1 Å². The third-order valence-corrected chi connectivity index (χ3v) is 3.09. The average molecular weight is 228 g/mol. The van der Waals surface area contributed by atoms with Crippen molar-refractivity contribution in [2.24, 2.45) is 5.92 Å². The second-order valence-electron chi connectivity index (χ2n) is 4.72. The molecule has 4 heteroatoms. The summed E-state index contributed by atoms with van der Waals surface area (Å²) in [5.41, 5.74) is 0.